The summed E-state index contributed by atoms with van der Waals surface area (Å²) in [6.45, 7) is 7.91. The molecule has 0 aliphatic rings. The molecule has 1 aromatic heterocycles. The molecule has 7 heteroatoms. The lowest BCUT2D eigenvalue weighted by atomic mass is 10.1. The van der Waals surface area contributed by atoms with Gasteiger partial charge in [-0.25, -0.2) is 13.4 Å². The molecule has 6 nitrogen and oxygen atoms in total. The first-order chi connectivity index (χ1) is 11.4. The highest BCUT2D eigenvalue weighted by Gasteiger charge is 2.26. The lowest BCUT2D eigenvalue weighted by molar-refractivity contribution is 0.436. The zero-order valence-electron chi connectivity index (χ0n) is 13.8. The average molecular weight is 344 g/mol. The van der Waals surface area contributed by atoms with Crippen LogP contribution in [0.4, 0.5) is 0 Å². The first-order valence-corrected chi connectivity index (χ1v) is 8.96. The SMILES string of the molecule is C=CCN(Cc1ccc(C#N)cc1)S(=O)(=O)c1cn(C(C)C)cn1. The van der Waals surface area contributed by atoms with Crippen LogP contribution < -0.4 is 0 Å². The number of hydrogen-bond donors (Lipinski definition) is 0. The number of sulfonamides is 1. The Morgan fingerprint density at radius 2 is 2.04 bits per heavy atom. The summed E-state index contributed by atoms with van der Waals surface area (Å²) in [5.74, 6) is 0. The minimum atomic E-state index is -3.72. The third-order valence-corrected chi connectivity index (χ3v) is 5.25. The number of hydrogen-bond acceptors (Lipinski definition) is 4. The van der Waals surface area contributed by atoms with E-state index >= 15 is 0 Å². The smallest absolute Gasteiger partial charge is 0.262 e. The molecule has 126 valence electrons. The summed E-state index contributed by atoms with van der Waals surface area (Å²) in [5.41, 5.74) is 1.33. The maximum Gasteiger partial charge on any atom is 0.262 e. The van der Waals surface area contributed by atoms with E-state index in [2.05, 4.69) is 11.6 Å². The number of benzene rings is 1. The predicted molar refractivity (Wildman–Crippen MR) is 91.6 cm³/mol. The van der Waals surface area contributed by atoms with Crippen LogP contribution in [0, 0.1) is 11.3 Å². The minimum absolute atomic E-state index is 0.0201. The number of imidazole rings is 1. The van der Waals surface area contributed by atoms with Crippen LogP contribution >= 0.6 is 0 Å². The summed E-state index contributed by atoms with van der Waals surface area (Å²) in [4.78, 5) is 4.04. The summed E-state index contributed by atoms with van der Waals surface area (Å²) in [6, 6.07) is 9.00. The maximum atomic E-state index is 12.8. The topological polar surface area (TPSA) is 79.0 Å². The van der Waals surface area contributed by atoms with Gasteiger partial charge in [0.15, 0.2) is 5.03 Å². The Balaban J connectivity index is 2.30. The number of nitriles is 1. The fraction of sp³-hybridized carbons (Fsp3) is 0.294. The highest BCUT2D eigenvalue weighted by molar-refractivity contribution is 7.89. The largest absolute Gasteiger partial charge is 0.334 e. The molecule has 0 N–H and O–H groups in total. The zero-order chi connectivity index (χ0) is 17.7. The standard InChI is InChI=1S/C17H20N4O2S/c1-4-9-21(11-16-7-5-15(10-18)6-8-16)24(22,23)17-12-20(13-19-17)14(2)3/h4-8,12-14H,1,9,11H2,2-3H3. The maximum absolute atomic E-state index is 12.8. The molecule has 0 atom stereocenters. The van der Waals surface area contributed by atoms with Gasteiger partial charge in [0.2, 0.25) is 0 Å². The molecule has 0 saturated heterocycles. The molecule has 1 heterocycles. The van der Waals surface area contributed by atoms with Gasteiger partial charge in [-0.05, 0) is 31.5 Å². The van der Waals surface area contributed by atoms with E-state index in [0.717, 1.165) is 5.56 Å². The van der Waals surface area contributed by atoms with E-state index in [1.807, 2.05) is 19.9 Å². The Labute approximate surface area is 142 Å². The molecule has 0 unspecified atom stereocenters. The number of nitrogens with zero attached hydrogens (tertiary/aromatic N) is 4. The normalized spacial score (nSPS) is 11.6. The number of aromatic nitrogens is 2. The van der Waals surface area contributed by atoms with Gasteiger partial charge in [0.1, 0.15) is 0 Å². The van der Waals surface area contributed by atoms with Crippen molar-refractivity contribution in [3.05, 3.63) is 60.6 Å². The van der Waals surface area contributed by atoms with Crippen LogP contribution in [-0.2, 0) is 16.6 Å². The molecular weight excluding hydrogens is 324 g/mol. The van der Waals surface area contributed by atoms with Gasteiger partial charge in [-0.2, -0.15) is 9.57 Å². The van der Waals surface area contributed by atoms with Crippen molar-refractivity contribution >= 4 is 10.0 Å². The highest BCUT2D eigenvalue weighted by Crippen LogP contribution is 2.18. The fourth-order valence-electron chi connectivity index (χ4n) is 2.15. The molecule has 2 rings (SSSR count). The van der Waals surface area contributed by atoms with Gasteiger partial charge >= 0.3 is 0 Å². The van der Waals surface area contributed by atoms with Gasteiger partial charge in [0.05, 0.1) is 18.0 Å². The highest BCUT2D eigenvalue weighted by atomic mass is 32.2. The van der Waals surface area contributed by atoms with E-state index in [9.17, 15) is 8.42 Å². The molecule has 0 aliphatic carbocycles. The number of rotatable bonds is 7. The Kier molecular flexibility index (Phi) is 5.54. The first kappa shape index (κ1) is 17.9. The van der Waals surface area contributed by atoms with E-state index in [0.29, 0.717) is 5.56 Å². The molecule has 0 spiro atoms. The van der Waals surface area contributed by atoms with Gasteiger partial charge in [-0.15, -0.1) is 6.58 Å². The van der Waals surface area contributed by atoms with Crippen molar-refractivity contribution in [1.29, 1.82) is 5.26 Å². The zero-order valence-corrected chi connectivity index (χ0v) is 14.6. The fourth-order valence-corrected chi connectivity index (χ4v) is 3.47. The quantitative estimate of drug-likeness (QED) is 0.723. The molecule has 1 aromatic carbocycles. The van der Waals surface area contributed by atoms with Crippen molar-refractivity contribution in [3.63, 3.8) is 0 Å². The summed E-state index contributed by atoms with van der Waals surface area (Å²) >= 11 is 0. The van der Waals surface area contributed by atoms with Gasteiger partial charge in [-0.3, -0.25) is 0 Å². The van der Waals surface area contributed by atoms with Crippen molar-refractivity contribution in [2.45, 2.75) is 31.5 Å². The van der Waals surface area contributed by atoms with Crippen LogP contribution in [0.1, 0.15) is 31.0 Å². The van der Waals surface area contributed by atoms with Gasteiger partial charge in [0.25, 0.3) is 10.0 Å². The van der Waals surface area contributed by atoms with Crippen LogP contribution in [0.2, 0.25) is 0 Å². The molecule has 2 aromatic rings. The second-order valence-corrected chi connectivity index (χ2v) is 7.53. The molecule has 0 radical (unpaired) electrons. The summed E-state index contributed by atoms with van der Waals surface area (Å²) in [6.07, 6.45) is 4.60. The van der Waals surface area contributed by atoms with Crippen LogP contribution in [0.25, 0.3) is 0 Å². The molecule has 0 fully saturated rings. The van der Waals surface area contributed by atoms with Crippen molar-refractivity contribution in [2.75, 3.05) is 6.54 Å². The summed E-state index contributed by atoms with van der Waals surface area (Å²) in [5, 5.41) is 8.86. The van der Waals surface area contributed by atoms with E-state index in [-0.39, 0.29) is 24.2 Å². The minimum Gasteiger partial charge on any atom is -0.334 e. The molecule has 0 bridgehead atoms. The Hall–Kier alpha value is -2.43. The predicted octanol–water partition coefficient (Wildman–Crippen LogP) is 2.71. The van der Waals surface area contributed by atoms with Crippen molar-refractivity contribution in [3.8, 4) is 6.07 Å². The van der Waals surface area contributed by atoms with Crippen LogP contribution in [0.3, 0.4) is 0 Å². The molecule has 0 saturated carbocycles. The molecule has 0 aliphatic heterocycles. The van der Waals surface area contributed by atoms with E-state index in [1.165, 1.54) is 16.8 Å². The summed E-state index contributed by atoms with van der Waals surface area (Å²) in [7, 11) is -3.72. The Bertz CT molecular complexity index is 845. The van der Waals surface area contributed by atoms with Crippen molar-refractivity contribution < 1.29 is 8.42 Å². The third-order valence-electron chi connectivity index (χ3n) is 3.55. The van der Waals surface area contributed by atoms with E-state index < -0.39 is 10.0 Å². The lowest BCUT2D eigenvalue weighted by Gasteiger charge is -2.19. The average Bonchev–Trinajstić information content (AvgIpc) is 3.06. The van der Waals surface area contributed by atoms with Crippen LogP contribution in [0.15, 0.2) is 54.5 Å². The van der Waals surface area contributed by atoms with Gasteiger partial charge in [0, 0.05) is 25.3 Å². The van der Waals surface area contributed by atoms with Crippen molar-refractivity contribution in [1.82, 2.24) is 13.9 Å². The van der Waals surface area contributed by atoms with Gasteiger partial charge < -0.3 is 4.57 Å². The molecular formula is C17H20N4O2S. The Morgan fingerprint density at radius 1 is 1.38 bits per heavy atom. The second kappa shape index (κ2) is 7.43. The van der Waals surface area contributed by atoms with Crippen molar-refractivity contribution in [2.24, 2.45) is 0 Å². The van der Waals surface area contributed by atoms with E-state index in [4.69, 9.17) is 5.26 Å². The Morgan fingerprint density at radius 3 is 2.54 bits per heavy atom. The van der Waals surface area contributed by atoms with E-state index in [1.54, 1.807) is 34.9 Å². The molecule has 0 amide bonds. The third kappa shape index (κ3) is 3.91. The van der Waals surface area contributed by atoms with Crippen LogP contribution in [0.5, 0.6) is 0 Å². The second-order valence-electron chi connectivity index (χ2n) is 5.65. The van der Waals surface area contributed by atoms with Gasteiger partial charge in [-0.1, -0.05) is 18.2 Å². The molecule has 24 heavy (non-hydrogen) atoms. The lowest BCUT2D eigenvalue weighted by Crippen LogP contribution is -2.31. The summed E-state index contributed by atoms with van der Waals surface area (Å²) < 4.78 is 28.7. The first-order valence-electron chi connectivity index (χ1n) is 7.52. The monoisotopic (exact) mass is 344 g/mol. The van der Waals surface area contributed by atoms with Crippen LogP contribution in [-0.4, -0.2) is 28.8 Å².